The number of piperidine rings is 3. The van der Waals surface area contributed by atoms with Gasteiger partial charge in [0.15, 0.2) is 4.34 Å². The van der Waals surface area contributed by atoms with Crippen molar-refractivity contribution in [1.29, 1.82) is 0 Å². The second kappa shape index (κ2) is 6.07. The highest BCUT2D eigenvalue weighted by Crippen LogP contribution is 2.27. The molecule has 4 rings (SSSR count). The Bertz CT molecular complexity index is 452. The van der Waals surface area contributed by atoms with E-state index < -0.39 is 0 Å². The van der Waals surface area contributed by atoms with Crippen molar-refractivity contribution in [3.8, 4) is 0 Å². The van der Waals surface area contributed by atoms with Gasteiger partial charge >= 0.3 is 0 Å². The van der Waals surface area contributed by atoms with Crippen molar-refractivity contribution in [1.82, 2.24) is 15.2 Å². The molecule has 1 atom stereocenters. The second-order valence-corrected chi connectivity index (χ2v) is 7.02. The van der Waals surface area contributed by atoms with Crippen LogP contribution < -0.4 is 5.32 Å². The summed E-state index contributed by atoms with van der Waals surface area (Å²) in [6.45, 7) is 3.42. The van der Waals surface area contributed by atoms with E-state index in [4.69, 9.17) is 0 Å². The number of hydrogen-bond donors (Lipinski definition) is 1. The summed E-state index contributed by atoms with van der Waals surface area (Å²) in [4.78, 5) is 18.5. The Labute approximate surface area is 121 Å². The fourth-order valence-electron chi connectivity index (χ4n) is 2.78. The Balaban J connectivity index is 1.47. The number of nitrogens with one attached hydrogen (secondary N) is 1. The Morgan fingerprint density at radius 1 is 1.53 bits per heavy atom. The molecule has 1 N–H and O–H groups in total. The van der Waals surface area contributed by atoms with Gasteiger partial charge < -0.3 is 10.2 Å². The SMILES string of the molecule is O=C(C=CSc1nccs1)NC1CN2CCC1CC2. The lowest BCUT2D eigenvalue weighted by atomic mass is 9.84. The number of hydrogen-bond acceptors (Lipinski definition) is 5. The summed E-state index contributed by atoms with van der Waals surface area (Å²) in [7, 11) is 0. The number of amides is 1. The summed E-state index contributed by atoms with van der Waals surface area (Å²) >= 11 is 3.07. The molecule has 2 bridgehead atoms. The molecule has 1 aromatic heterocycles. The fraction of sp³-hybridized carbons (Fsp3) is 0.538. The van der Waals surface area contributed by atoms with Crippen LogP contribution in [0.3, 0.4) is 0 Å². The van der Waals surface area contributed by atoms with Crippen molar-refractivity contribution in [3.63, 3.8) is 0 Å². The topological polar surface area (TPSA) is 45.2 Å². The standard InChI is InChI=1S/C13H17N3OS2/c17-12(3-7-18-13-14-4-8-19-13)15-11-9-16-5-1-10(11)2-6-16/h3-4,7-8,10-11H,1-2,5-6,9H2,(H,15,17). The maximum atomic E-state index is 11.9. The highest BCUT2D eigenvalue weighted by molar-refractivity contribution is 8.03. The predicted molar refractivity (Wildman–Crippen MR) is 78.2 cm³/mol. The van der Waals surface area contributed by atoms with Gasteiger partial charge in [-0.2, -0.15) is 0 Å². The highest BCUT2D eigenvalue weighted by Gasteiger charge is 2.34. The zero-order valence-electron chi connectivity index (χ0n) is 10.6. The zero-order chi connectivity index (χ0) is 13.1. The van der Waals surface area contributed by atoms with Crippen LogP contribution in [0.15, 0.2) is 27.4 Å². The third-order valence-corrected chi connectivity index (χ3v) is 5.50. The van der Waals surface area contributed by atoms with E-state index in [1.54, 1.807) is 23.6 Å². The average Bonchev–Trinajstić information content (AvgIpc) is 2.93. The number of carbonyl (C=O) groups excluding carboxylic acids is 1. The molecule has 4 heterocycles. The van der Waals surface area contributed by atoms with Crippen LogP contribution >= 0.6 is 23.1 Å². The van der Waals surface area contributed by atoms with Gasteiger partial charge in [-0.1, -0.05) is 11.8 Å². The molecule has 0 radical (unpaired) electrons. The molecular formula is C13H17N3OS2. The molecule has 6 heteroatoms. The number of fused-ring (bicyclic) bond motifs is 3. The van der Waals surface area contributed by atoms with E-state index in [1.165, 1.54) is 37.7 Å². The van der Waals surface area contributed by atoms with Crippen LogP contribution in [0.5, 0.6) is 0 Å². The lowest BCUT2D eigenvalue weighted by molar-refractivity contribution is -0.118. The van der Waals surface area contributed by atoms with Crippen LogP contribution in [0.2, 0.25) is 0 Å². The van der Waals surface area contributed by atoms with Gasteiger partial charge in [0.05, 0.1) is 0 Å². The van der Waals surface area contributed by atoms with Gasteiger partial charge in [0.25, 0.3) is 0 Å². The maximum Gasteiger partial charge on any atom is 0.244 e. The van der Waals surface area contributed by atoms with Crippen LogP contribution in [-0.2, 0) is 4.79 Å². The first-order chi connectivity index (χ1) is 9.31. The van der Waals surface area contributed by atoms with Gasteiger partial charge in [-0.3, -0.25) is 4.79 Å². The van der Waals surface area contributed by atoms with E-state index in [1.807, 2.05) is 10.8 Å². The average molecular weight is 295 g/mol. The summed E-state index contributed by atoms with van der Waals surface area (Å²) < 4.78 is 0.965. The molecular weight excluding hydrogens is 278 g/mol. The van der Waals surface area contributed by atoms with Crippen molar-refractivity contribution in [2.24, 2.45) is 5.92 Å². The summed E-state index contributed by atoms with van der Waals surface area (Å²) in [5.74, 6) is 0.691. The van der Waals surface area contributed by atoms with E-state index in [9.17, 15) is 4.79 Å². The molecule has 0 aromatic carbocycles. The molecule has 19 heavy (non-hydrogen) atoms. The minimum atomic E-state index is 0.0165. The molecule has 0 spiro atoms. The Kier molecular flexibility index (Phi) is 4.20. The number of carbonyl (C=O) groups is 1. The predicted octanol–water partition coefficient (Wildman–Crippen LogP) is 1.96. The van der Waals surface area contributed by atoms with Crippen molar-refractivity contribution >= 4 is 29.0 Å². The smallest absolute Gasteiger partial charge is 0.244 e. The zero-order valence-corrected chi connectivity index (χ0v) is 12.3. The first-order valence-electron chi connectivity index (χ1n) is 6.57. The first-order valence-corrected chi connectivity index (χ1v) is 8.33. The quantitative estimate of drug-likeness (QED) is 0.681. The molecule has 102 valence electrons. The van der Waals surface area contributed by atoms with Crippen LogP contribution in [0.4, 0.5) is 0 Å². The van der Waals surface area contributed by atoms with Crippen molar-refractivity contribution in [2.75, 3.05) is 19.6 Å². The Morgan fingerprint density at radius 2 is 2.37 bits per heavy atom. The third kappa shape index (κ3) is 3.38. The monoisotopic (exact) mass is 295 g/mol. The number of thiazole rings is 1. The summed E-state index contributed by atoms with van der Waals surface area (Å²) in [6.07, 6.45) is 5.84. The molecule has 3 aliphatic heterocycles. The Hall–Kier alpha value is -0.850. The van der Waals surface area contributed by atoms with Gasteiger partial charge in [0, 0.05) is 30.2 Å². The highest BCUT2D eigenvalue weighted by atomic mass is 32.2. The number of thioether (sulfide) groups is 1. The molecule has 1 aromatic rings. The van der Waals surface area contributed by atoms with E-state index in [-0.39, 0.29) is 5.91 Å². The first kappa shape index (κ1) is 13.1. The molecule has 3 aliphatic rings. The minimum Gasteiger partial charge on any atom is -0.348 e. The third-order valence-electron chi connectivity index (χ3n) is 3.78. The lowest BCUT2D eigenvalue weighted by Gasteiger charge is -2.44. The maximum absolute atomic E-state index is 11.9. The lowest BCUT2D eigenvalue weighted by Crippen LogP contribution is -2.57. The van der Waals surface area contributed by atoms with E-state index >= 15 is 0 Å². The molecule has 4 nitrogen and oxygen atoms in total. The number of rotatable bonds is 4. The van der Waals surface area contributed by atoms with E-state index in [0.717, 1.165) is 10.9 Å². The summed E-state index contributed by atoms with van der Waals surface area (Å²) in [5, 5.41) is 6.88. The minimum absolute atomic E-state index is 0.0165. The second-order valence-electron chi connectivity index (χ2n) is 4.97. The van der Waals surface area contributed by atoms with Gasteiger partial charge in [0.1, 0.15) is 0 Å². The van der Waals surface area contributed by atoms with E-state index in [2.05, 4.69) is 15.2 Å². The fourth-order valence-corrected chi connectivity index (χ4v) is 4.13. The number of nitrogens with zero attached hydrogens (tertiary/aromatic N) is 2. The number of aromatic nitrogens is 1. The van der Waals surface area contributed by atoms with Crippen LogP contribution in [0, 0.1) is 5.92 Å². The van der Waals surface area contributed by atoms with Crippen molar-refractivity contribution in [2.45, 2.75) is 23.2 Å². The van der Waals surface area contributed by atoms with E-state index in [0.29, 0.717) is 12.0 Å². The molecule has 0 aliphatic carbocycles. The Morgan fingerprint density at radius 3 is 3.00 bits per heavy atom. The summed E-state index contributed by atoms with van der Waals surface area (Å²) in [6, 6.07) is 0.338. The molecule has 1 amide bonds. The summed E-state index contributed by atoms with van der Waals surface area (Å²) in [5.41, 5.74) is 0. The molecule has 0 saturated carbocycles. The van der Waals surface area contributed by atoms with Crippen LogP contribution in [0.25, 0.3) is 0 Å². The van der Waals surface area contributed by atoms with Gasteiger partial charge in [-0.15, -0.1) is 11.3 Å². The van der Waals surface area contributed by atoms with Gasteiger partial charge in [-0.25, -0.2) is 4.98 Å². The van der Waals surface area contributed by atoms with Gasteiger partial charge in [-0.05, 0) is 37.3 Å². The molecule has 3 saturated heterocycles. The largest absolute Gasteiger partial charge is 0.348 e. The molecule has 3 fully saturated rings. The van der Waals surface area contributed by atoms with Crippen LogP contribution in [-0.4, -0.2) is 41.5 Å². The normalized spacial score (nSPS) is 29.8. The van der Waals surface area contributed by atoms with Gasteiger partial charge in [0.2, 0.25) is 5.91 Å². The van der Waals surface area contributed by atoms with Crippen molar-refractivity contribution < 1.29 is 4.79 Å². The van der Waals surface area contributed by atoms with Crippen LogP contribution in [0.1, 0.15) is 12.8 Å². The molecule has 1 unspecified atom stereocenters. The van der Waals surface area contributed by atoms with Crippen molar-refractivity contribution in [3.05, 3.63) is 23.1 Å².